The zero-order valence-electron chi connectivity index (χ0n) is 16.1. The second kappa shape index (κ2) is 9.28. The molecule has 0 bridgehead atoms. The number of nitrogens with zero attached hydrogens (tertiary/aromatic N) is 2. The van der Waals surface area contributed by atoms with Gasteiger partial charge in [-0.2, -0.15) is 4.98 Å². The highest BCUT2D eigenvalue weighted by atomic mass is 35.5. The van der Waals surface area contributed by atoms with Crippen molar-refractivity contribution in [3.05, 3.63) is 64.8 Å². The largest absolute Gasteiger partial charge is 0.495 e. The van der Waals surface area contributed by atoms with Crippen LogP contribution in [0.3, 0.4) is 0 Å². The van der Waals surface area contributed by atoms with Gasteiger partial charge in [0.25, 0.3) is 0 Å². The number of rotatable bonds is 8. The fourth-order valence-electron chi connectivity index (χ4n) is 2.77. The van der Waals surface area contributed by atoms with Gasteiger partial charge in [-0.3, -0.25) is 0 Å². The Labute approximate surface area is 169 Å². The van der Waals surface area contributed by atoms with Gasteiger partial charge in [-0.05, 0) is 18.9 Å². The molecule has 1 heterocycles. The van der Waals surface area contributed by atoms with Crippen LogP contribution in [-0.4, -0.2) is 30.7 Å². The van der Waals surface area contributed by atoms with Gasteiger partial charge in [-0.1, -0.05) is 41.9 Å². The average Bonchev–Trinajstić information content (AvgIpc) is 2.69. The molecule has 0 saturated carbocycles. The third-order valence-electron chi connectivity index (χ3n) is 4.13. The van der Waals surface area contributed by atoms with E-state index in [1.54, 1.807) is 26.4 Å². The van der Waals surface area contributed by atoms with Crippen LogP contribution in [0.1, 0.15) is 11.3 Å². The molecule has 28 heavy (non-hydrogen) atoms. The number of halogens is 1. The molecule has 6 nitrogen and oxygen atoms in total. The molecular formula is C21H23ClN4O2. The maximum absolute atomic E-state index is 6.17. The molecule has 0 radical (unpaired) electrons. The van der Waals surface area contributed by atoms with Crippen LogP contribution in [-0.2, 0) is 6.42 Å². The lowest BCUT2D eigenvalue weighted by atomic mass is 10.1. The number of hydrogen-bond acceptors (Lipinski definition) is 6. The summed E-state index contributed by atoms with van der Waals surface area (Å²) in [6, 6.07) is 15.6. The number of methoxy groups -OCH3 is 2. The summed E-state index contributed by atoms with van der Waals surface area (Å²) < 4.78 is 10.7. The Hall–Kier alpha value is -2.99. The van der Waals surface area contributed by atoms with Gasteiger partial charge in [0, 0.05) is 30.4 Å². The number of hydrogen-bond donors (Lipinski definition) is 2. The van der Waals surface area contributed by atoms with Crippen LogP contribution in [0.25, 0.3) is 0 Å². The van der Waals surface area contributed by atoms with Crippen LogP contribution in [0.15, 0.2) is 48.5 Å². The third kappa shape index (κ3) is 5.04. The second-order valence-corrected chi connectivity index (χ2v) is 6.60. The van der Waals surface area contributed by atoms with Crippen LogP contribution < -0.4 is 20.1 Å². The first-order valence-electron chi connectivity index (χ1n) is 8.91. The van der Waals surface area contributed by atoms with Gasteiger partial charge in [-0.25, -0.2) is 4.98 Å². The minimum Gasteiger partial charge on any atom is -0.495 e. The summed E-state index contributed by atoms with van der Waals surface area (Å²) in [5.74, 6) is 2.37. The zero-order valence-corrected chi connectivity index (χ0v) is 16.9. The van der Waals surface area contributed by atoms with Gasteiger partial charge >= 0.3 is 0 Å². The fourth-order valence-corrected chi connectivity index (χ4v) is 3.00. The smallest absolute Gasteiger partial charge is 0.224 e. The molecule has 0 aliphatic rings. The molecule has 0 fully saturated rings. The van der Waals surface area contributed by atoms with Crippen molar-refractivity contribution in [1.82, 2.24) is 9.97 Å². The molecule has 3 aromatic rings. The summed E-state index contributed by atoms with van der Waals surface area (Å²) in [5.41, 5.74) is 2.82. The Balaban J connectivity index is 1.74. The third-order valence-corrected chi connectivity index (χ3v) is 4.43. The van der Waals surface area contributed by atoms with Gasteiger partial charge in [-0.15, -0.1) is 0 Å². The van der Waals surface area contributed by atoms with E-state index in [9.17, 15) is 0 Å². The number of nitrogens with one attached hydrogen (secondary N) is 2. The molecule has 0 aliphatic heterocycles. The van der Waals surface area contributed by atoms with E-state index in [-0.39, 0.29) is 0 Å². The first-order chi connectivity index (χ1) is 13.6. The lowest BCUT2D eigenvalue weighted by molar-refractivity contribution is 0.405. The predicted octanol–water partition coefficient (Wildman–Crippen LogP) is 4.85. The van der Waals surface area contributed by atoms with E-state index in [2.05, 4.69) is 32.7 Å². The fraction of sp³-hybridized carbons (Fsp3) is 0.238. The summed E-state index contributed by atoms with van der Waals surface area (Å²) >= 11 is 6.17. The van der Waals surface area contributed by atoms with E-state index < -0.39 is 0 Å². The molecule has 2 aromatic carbocycles. The number of anilines is 3. The summed E-state index contributed by atoms with van der Waals surface area (Å²) in [5, 5.41) is 7.02. The van der Waals surface area contributed by atoms with Crippen molar-refractivity contribution in [1.29, 1.82) is 0 Å². The molecule has 0 amide bonds. The Morgan fingerprint density at radius 3 is 2.43 bits per heavy atom. The maximum Gasteiger partial charge on any atom is 0.224 e. The Bertz CT molecular complexity index is 935. The highest BCUT2D eigenvalue weighted by molar-refractivity contribution is 6.32. The van der Waals surface area contributed by atoms with E-state index in [1.807, 2.05) is 31.2 Å². The summed E-state index contributed by atoms with van der Waals surface area (Å²) in [7, 11) is 3.16. The molecule has 3 rings (SSSR count). The summed E-state index contributed by atoms with van der Waals surface area (Å²) in [6.45, 7) is 2.67. The molecule has 2 N–H and O–H groups in total. The van der Waals surface area contributed by atoms with Crippen LogP contribution in [0.5, 0.6) is 11.5 Å². The van der Waals surface area contributed by atoms with E-state index >= 15 is 0 Å². The van der Waals surface area contributed by atoms with Crippen LogP contribution >= 0.6 is 11.6 Å². The van der Waals surface area contributed by atoms with Crippen molar-refractivity contribution in [3.63, 3.8) is 0 Å². The highest BCUT2D eigenvalue weighted by Gasteiger charge is 2.11. The summed E-state index contributed by atoms with van der Waals surface area (Å²) in [6.07, 6.45) is 0.892. The molecule has 0 saturated heterocycles. The number of benzene rings is 2. The number of aromatic nitrogens is 2. The first kappa shape index (κ1) is 19.8. The second-order valence-electron chi connectivity index (χ2n) is 6.19. The van der Waals surface area contributed by atoms with E-state index in [4.69, 9.17) is 21.1 Å². The molecule has 0 unspecified atom stereocenters. The number of ether oxygens (including phenoxy) is 2. The monoisotopic (exact) mass is 398 g/mol. The zero-order chi connectivity index (χ0) is 19.9. The highest BCUT2D eigenvalue weighted by Crippen LogP contribution is 2.37. The quantitative estimate of drug-likeness (QED) is 0.565. The van der Waals surface area contributed by atoms with Crippen LogP contribution in [0, 0.1) is 6.92 Å². The molecule has 0 atom stereocenters. The van der Waals surface area contributed by atoms with Gasteiger partial charge in [0.15, 0.2) is 0 Å². The lowest BCUT2D eigenvalue weighted by Gasteiger charge is -2.14. The van der Waals surface area contributed by atoms with Crippen molar-refractivity contribution in [2.45, 2.75) is 13.3 Å². The molecule has 0 aliphatic carbocycles. The van der Waals surface area contributed by atoms with Crippen LogP contribution in [0.2, 0.25) is 5.02 Å². The minimum atomic E-state index is 0.479. The molecule has 1 aromatic heterocycles. The maximum atomic E-state index is 6.17. The first-order valence-corrected chi connectivity index (χ1v) is 9.29. The predicted molar refractivity (Wildman–Crippen MR) is 113 cm³/mol. The molecule has 146 valence electrons. The minimum absolute atomic E-state index is 0.479. The van der Waals surface area contributed by atoms with Crippen LogP contribution in [0.4, 0.5) is 17.5 Å². The van der Waals surface area contributed by atoms with Crippen molar-refractivity contribution in [2.24, 2.45) is 0 Å². The standard InChI is InChI=1S/C21H23ClN4O2/c1-14-11-20(25-17-13-18(27-2)16(22)12-19(17)28-3)26-21(24-14)23-10-9-15-7-5-4-6-8-15/h4-8,11-13H,9-10H2,1-3H3,(H2,23,24,25,26). The van der Waals surface area contributed by atoms with E-state index in [0.29, 0.717) is 34.0 Å². The Morgan fingerprint density at radius 2 is 1.71 bits per heavy atom. The Morgan fingerprint density at radius 1 is 0.964 bits per heavy atom. The van der Waals surface area contributed by atoms with Gasteiger partial charge in [0.1, 0.15) is 17.3 Å². The molecule has 0 spiro atoms. The summed E-state index contributed by atoms with van der Waals surface area (Å²) in [4.78, 5) is 9.01. The van der Waals surface area contributed by atoms with Crippen molar-refractivity contribution >= 4 is 29.1 Å². The SMILES string of the molecule is COc1cc(Nc2cc(C)nc(NCCc3ccccc3)n2)c(OC)cc1Cl. The van der Waals surface area contributed by atoms with Crippen molar-refractivity contribution in [2.75, 3.05) is 31.4 Å². The van der Waals surface area contributed by atoms with Crippen molar-refractivity contribution in [3.8, 4) is 11.5 Å². The Kier molecular flexibility index (Phi) is 6.55. The van der Waals surface area contributed by atoms with Gasteiger partial charge in [0.05, 0.1) is 24.9 Å². The molecular weight excluding hydrogens is 376 g/mol. The lowest BCUT2D eigenvalue weighted by Crippen LogP contribution is -2.09. The van der Waals surface area contributed by atoms with Gasteiger partial charge < -0.3 is 20.1 Å². The normalized spacial score (nSPS) is 10.4. The van der Waals surface area contributed by atoms with E-state index in [0.717, 1.165) is 18.7 Å². The topological polar surface area (TPSA) is 68.3 Å². The van der Waals surface area contributed by atoms with Crippen molar-refractivity contribution < 1.29 is 9.47 Å². The molecule has 7 heteroatoms. The average molecular weight is 399 g/mol. The van der Waals surface area contributed by atoms with E-state index in [1.165, 1.54) is 5.56 Å². The number of aryl methyl sites for hydroxylation is 1. The van der Waals surface area contributed by atoms with Gasteiger partial charge in [0.2, 0.25) is 5.95 Å².